The van der Waals surface area contributed by atoms with Crippen molar-refractivity contribution in [3.63, 3.8) is 0 Å². The Bertz CT molecular complexity index is 955. The average molecular weight is 397 g/mol. The van der Waals surface area contributed by atoms with Crippen molar-refractivity contribution in [3.8, 4) is 5.75 Å². The van der Waals surface area contributed by atoms with Crippen LogP contribution in [0.2, 0.25) is 0 Å². The Morgan fingerprint density at radius 1 is 1.14 bits per heavy atom. The smallest absolute Gasteiger partial charge is 0.387 e. The highest BCUT2D eigenvalue weighted by Crippen LogP contribution is 2.21. The van der Waals surface area contributed by atoms with Crippen LogP contribution in [-0.2, 0) is 17.8 Å². The monoisotopic (exact) mass is 397 g/mol. The van der Waals surface area contributed by atoms with E-state index in [-0.39, 0.29) is 11.7 Å². The molecule has 0 saturated heterocycles. The first-order valence-electron chi connectivity index (χ1n) is 9.15. The van der Waals surface area contributed by atoms with Crippen LogP contribution in [-0.4, -0.2) is 28.6 Å². The lowest BCUT2D eigenvalue weighted by atomic mass is 10.2. The zero-order chi connectivity index (χ0) is 20.5. The molecule has 3 aromatic rings. The number of benzene rings is 2. The maximum absolute atomic E-state index is 12.4. The predicted molar refractivity (Wildman–Crippen MR) is 107 cm³/mol. The van der Waals surface area contributed by atoms with Gasteiger partial charge in [0.25, 0.3) is 0 Å². The molecule has 7 heteroatoms. The molecule has 2 aromatic carbocycles. The van der Waals surface area contributed by atoms with Crippen LogP contribution < -0.4 is 10.1 Å². The lowest BCUT2D eigenvalue weighted by Gasteiger charge is -2.09. The number of amides is 1. The van der Waals surface area contributed by atoms with Crippen LogP contribution >= 0.6 is 0 Å². The second-order valence-corrected chi connectivity index (χ2v) is 6.25. The van der Waals surface area contributed by atoms with Crippen molar-refractivity contribution in [2.75, 3.05) is 6.54 Å². The fraction of sp³-hybridized carbons (Fsp3) is 0.182. The van der Waals surface area contributed by atoms with Gasteiger partial charge in [-0.05, 0) is 17.7 Å². The number of hydrogen-bond donors (Lipinski definition) is 1. The summed E-state index contributed by atoms with van der Waals surface area (Å²) in [6.07, 6.45) is 6.96. The maximum atomic E-state index is 12.4. The van der Waals surface area contributed by atoms with Crippen LogP contribution in [0.5, 0.6) is 5.75 Å². The molecule has 3 rings (SSSR count). The number of hydrogen-bond acceptors (Lipinski definition) is 3. The van der Waals surface area contributed by atoms with E-state index in [0.717, 1.165) is 5.82 Å². The largest absolute Gasteiger partial charge is 0.434 e. The highest BCUT2D eigenvalue weighted by atomic mass is 19.3. The number of carbonyl (C=O) groups is 1. The number of para-hydroxylation sites is 1. The van der Waals surface area contributed by atoms with Gasteiger partial charge in [-0.2, -0.15) is 8.78 Å². The van der Waals surface area contributed by atoms with Crippen LogP contribution in [0.3, 0.4) is 0 Å². The number of ether oxygens (including phenoxy) is 1. The number of aromatic nitrogens is 2. The molecule has 0 aliphatic carbocycles. The summed E-state index contributed by atoms with van der Waals surface area (Å²) in [4.78, 5) is 16.4. The first kappa shape index (κ1) is 20.3. The number of alkyl halides is 2. The van der Waals surface area contributed by atoms with Gasteiger partial charge >= 0.3 is 6.61 Å². The van der Waals surface area contributed by atoms with Crippen LogP contribution in [0.1, 0.15) is 17.0 Å². The van der Waals surface area contributed by atoms with Crippen LogP contribution in [0.25, 0.3) is 6.08 Å². The number of imidazole rings is 1. The zero-order valence-electron chi connectivity index (χ0n) is 15.7. The molecule has 1 aromatic heterocycles. The number of nitrogens with zero attached hydrogens (tertiary/aromatic N) is 2. The molecule has 150 valence electrons. The highest BCUT2D eigenvalue weighted by Gasteiger charge is 2.08. The van der Waals surface area contributed by atoms with Gasteiger partial charge in [0.1, 0.15) is 11.6 Å². The van der Waals surface area contributed by atoms with Gasteiger partial charge in [-0.25, -0.2) is 4.98 Å². The Morgan fingerprint density at radius 2 is 1.90 bits per heavy atom. The van der Waals surface area contributed by atoms with E-state index in [1.54, 1.807) is 24.4 Å². The second-order valence-electron chi connectivity index (χ2n) is 6.25. The standard InChI is InChI=1S/C22H21F2N3O2/c23-22(24)29-19-9-5-4-8-18(19)10-11-21(28)26-13-12-20-25-14-15-27(20)16-17-6-2-1-3-7-17/h1-11,14-15,22H,12-13,16H2,(H,26,28)/b11-10+. The lowest BCUT2D eigenvalue weighted by molar-refractivity contribution is -0.116. The number of halogens is 2. The zero-order valence-corrected chi connectivity index (χ0v) is 15.7. The van der Waals surface area contributed by atoms with E-state index in [0.29, 0.717) is 25.1 Å². The SMILES string of the molecule is O=C(/C=C/c1ccccc1OC(F)F)NCCc1nccn1Cc1ccccc1. The van der Waals surface area contributed by atoms with Gasteiger partial charge in [0, 0.05) is 43.5 Å². The normalized spacial score (nSPS) is 11.1. The Balaban J connectivity index is 1.51. The molecular weight excluding hydrogens is 376 g/mol. The van der Waals surface area contributed by atoms with Crippen molar-refractivity contribution >= 4 is 12.0 Å². The molecule has 1 heterocycles. The Hall–Kier alpha value is -3.48. The highest BCUT2D eigenvalue weighted by molar-refractivity contribution is 5.92. The number of carbonyl (C=O) groups excluding carboxylic acids is 1. The Kier molecular flexibility index (Phi) is 7.10. The third-order valence-corrected chi connectivity index (χ3v) is 4.19. The Morgan fingerprint density at radius 3 is 2.69 bits per heavy atom. The van der Waals surface area contributed by atoms with E-state index in [9.17, 15) is 13.6 Å². The van der Waals surface area contributed by atoms with E-state index >= 15 is 0 Å². The fourth-order valence-corrected chi connectivity index (χ4v) is 2.84. The quantitative estimate of drug-likeness (QED) is 0.557. The van der Waals surface area contributed by atoms with Crippen molar-refractivity contribution in [1.82, 2.24) is 14.9 Å². The minimum atomic E-state index is -2.92. The average Bonchev–Trinajstić information content (AvgIpc) is 3.14. The summed E-state index contributed by atoms with van der Waals surface area (Å²) in [7, 11) is 0. The van der Waals surface area contributed by atoms with Crippen molar-refractivity contribution < 1.29 is 18.3 Å². The molecule has 0 unspecified atom stereocenters. The molecule has 1 N–H and O–H groups in total. The third kappa shape index (κ3) is 6.27. The summed E-state index contributed by atoms with van der Waals surface area (Å²) in [5, 5.41) is 2.77. The minimum Gasteiger partial charge on any atom is -0.434 e. The van der Waals surface area contributed by atoms with Gasteiger partial charge in [0.05, 0.1) is 0 Å². The summed E-state index contributed by atoms with van der Waals surface area (Å²) in [5.41, 5.74) is 1.57. The van der Waals surface area contributed by atoms with Gasteiger partial charge in [-0.1, -0.05) is 48.5 Å². The van der Waals surface area contributed by atoms with Gasteiger partial charge < -0.3 is 14.6 Å². The van der Waals surface area contributed by atoms with Crippen molar-refractivity contribution in [1.29, 1.82) is 0 Å². The topological polar surface area (TPSA) is 56.1 Å². The van der Waals surface area contributed by atoms with Gasteiger partial charge in [0.15, 0.2) is 0 Å². The molecule has 0 aliphatic heterocycles. The summed E-state index contributed by atoms with van der Waals surface area (Å²) in [5.74, 6) is 0.571. The molecule has 5 nitrogen and oxygen atoms in total. The number of nitrogens with one attached hydrogen (secondary N) is 1. The molecule has 0 radical (unpaired) electrons. The minimum absolute atomic E-state index is 0.0227. The van der Waals surface area contributed by atoms with E-state index < -0.39 is 6.61 Å². The first-order chi connectivity index (χ1) is 14.1. The maximum Gasteiger partial charge on any atom is 0.387 e. The van der Waals surface area contributed by atoms with Crippen molar-refractivity contribution in [2.24, 2.45) is 0 Å². The number of rotatable bonds is 9. The van der Waals surface area contributed by atoms with Crippen LogP contribution in [0, 0.1) is 0 Å². The molecule has 29 heavy (non-hydrogen) atoms. The van der Waals surface area contributed by atoms with E-state index in [2.05, 4.69) is 15.0 Å². The Labute approximate surface area is 167 Å². The fourth-order valence-electron chi connectivity index (χ4n) is 2.84. The van der Waals surface area contributed by atoms with E-state index in [1.165, 1.54) is 23.8 Å². The van der Waals surface area contributed by atoms with Crippen molar-refractivity contribution in [2.45, 2.75) is 19.6 Å². The summed E-state index contributed by atoms with van der Waals surface area (Å²) < 4.78 is 31.4. The summed E-state index contributed by atoms with van der Waals surface area (Å²) >= 11 is 0. The van der Waals surface area contributed by atoms with Crippen molar-refractivity contribution in [3.05, 3.63) is 90.0 Å². The molecule has 1 amide bonds. The van der Waals surface area contributed by atoms with Gasteiger partial charge in [0.2, 0.25) is 5.91 Å². The first-order valence-corrected chi connectivity index (χ1v) is 9.15. The molecular formula is C22H21F2N3O2. The molecule has 0 spiro atoms. The third-order valence-electron chi connectivity index (χ3n) is 4.19. The van der Waals surface area contributed by atoms with E-state index in [1.807, 2.05) is 41.1 Å². The predicted octanol–water partition coefficient (Wildman–Crippen LogP) is 3.90. The molecule has 0 atom stereocenters. The van der Waals surface area contributed by atoms with Crippen LogP contribution in [0.15, 0.2) is 73.1 Å². The summed E-state index contributed by atoms with van der Waals surface area (Å²) in [6.45, 7) is -1.80. The van der Waals surface area contributed by atoms with Gasteiger partial charge in [-0.15, -0.1) is 0 Å². The second kappa shape index (κ2) is 10.2. The van der Waals surface area contributed by atoms with Crippen LogP contribution in [0.4, 0.5) is 8.78 Å². The molecule has 0 aliphatic rings. The lowest BCUT2D eigenvalue weighted by Crippen LogP contribution is -2.24. The molecule has 0 fully saturated rings. The molecule has 0 bridgehead atoms. The molecule has 0 saturated carbocycles. The van der Waals surface area contributed by atoms with E-state index in [4.69, 9.17) is 0 Å². The van der Waals surface area contributed by atoms with Gasteiger partial charge in [-0.3, -0.25) is 4.79 Å². The summed E-state index contributed by atoms with van der Waals surface area (Å²) in [6, 6.07) is 16.3.